The molecule has 2 N–H and O–H groups in total. The molecule has 2 heterocycles. The lowest BCUT2D eigenvalue weighted by atomic mass is 10.2. The van der Waals surface area contributed by atoms with Gasteiger partial charge in [-0.1, -0.05) is 29.3 Å². The Morgan fingerprint density at radius 3 is 2.33 bits per heavy atom. The molecule has 0 aliphatic carbocycles. The van der Waals surface area contributed by atoms with Crippen LogP contribution >= 0.6 is 23.2 Å². The molecule has 2 atom stereocenters. The van der Waals surface area contributed by atoms with Crippen molar-refractivity contribution >= 4 is 23.2 Å². The van der Waals surface area contributed by atoms with Gasteiger partial charge >= 0.3 is 11.9 Å². The summed E-state index contributed by atoms with van der Waals surface area (Å²) in [6.07, 6.45) is -8.77. The van der Waals surface area contributed by atoms with E-state index in [4.69, 9.17) is 23.2 Å². The van der Waals surface area contributed by atoms with E-state index in [2.05, 4.69) is 15.2 Å². The molecule has 9 nitrogen and oxygen atoms in total. The summed E-state index contributed by atoms with van der Waals surface area (Å²) >= 11 is 12.0. The Morgan fingerprint density at radius 2 is 1.72 bits per heavy atom. The molecular weight excluding hydrogens is 524 g/mol. The Kier molecular flexibility index (Phi) is 7.23. The number of halogens is 5. The third kappa shape index (κ3) is 5.46. The van der Waals surface area contributed by atoms with Gasteiger partial charge in [-0.15, -0.1) is 10.2 Å². The van der Waals surface area contributed by atoms with E-state index in [1.165, 1.54) is 35.9 Å². The van der Waals surface area contributed by atoms with Gasteiger partial charge in [0, 0.05) is 15.6 Å². The van der Waals surface area contributed by atoms with Crippen LogP contribution in [0.4, 0.5) is 13.2 Å². The summed E-state index contributed by atoms with van der Waals surface area (Å²) < 4.78 is 42.1. The molecule has 0 spiro atoms. The molecule has 0 saturated heterocycles. The summed E-state index contributed by atoms with van der Waals surface area (Å²) in [4.78, 5) is 17.3. The molecule has 0 bridgehead atoms. The summed E-state index contributed by atoms with van der Waals surface area (Å²) in [5, 5.41) is 29.1. The first kappa shape index (κ1) is 25.9. The zero-order valence-electron chi connectivity index (χ0n) is 18.6. The number of hydrogen-bond donors (Lipinski definition) is 2. The second-order valence-electron chi connectivity index (χ2n) is 7.89. The molecule has 0 aliphatic heterocycles. The van der Waals surface area contributed by atoms with Crippen molar-refractivity contribution in [3.05, 3.63) is 80.7 Å². The second kappa shape index (κ2) is 10.1. The van der Waals surface area contributed by atoms with Gasteiger partial charge in [0.15, 0.2) is 23.6 Å². The zero-order chi connectivity index (χ0) is 26.2. The van der Waals surface area contributed by atoms with Gasteiger partial charge in [0.25, 0.3) is 0 Å². The van der Waals surface area contributed by atoms with Crippen LogP contribution in [0.3, 0.4) is 0 Å². The lowest BCUT2D eigenvalue weighted by Gasteiger charge is -2.15. The fraction of sp³-hybridized carbons (Fsp3) is 0.273. The number of rotatable bonds is 7. The summed E-state index contributed by atoms with van der Waals surface area (Å²) in [5.41, 5.74) is -0.0992. The molecule has 2 aromatic heterocycles. The molecule has 14 heteroatoms. The molecule has 0 saturated carbocycles. The molecule has 36 heavy (non-hydrogen) atoms. The number of alkyl halides is 3. The molecule has 0 radical (unpaired) electrons. The fourth-order valence-electron chi connectivity index (χ4n) is 3.44. The SMILES string of the molecule is C[C@@H](O)c1nc(Cn2nc(-c3ccc(Cl)cc3)n(C[C@H](O)C(F)(F)F)c2=O)nn1-c1cccc(Cl)c1. The molecule has 0 unspecified atom stereocenters. The summed E-state index contributed by atoms with van der Waals surface area (Å²) in [6, 6.07) is 12.6. The van der Waals surface area contributed by atoms with E-state index in [9.17, 15) is 28.2 Å². The highest BCUT2D eigenvalue weighted by molar-refractivity contribution is 6.31. The van der Waals surface area contributed by atoms with Crippen LogP contribution in [0.2, 0.25) is 10.0 Å². The van der Waals surface area contributed by atoms with Crippen molar-refractivity contribution in [2.75, 3.05) is 0 Å². The van der Waals surface area contributed by atoms with Crippen LogP contribution in [0.5, 0.6) is 0 Å². The van der Waals surface area contributed by atoms with Crippen LogP contribution in [0.15, 0.2) is 53.3 Å². The molecule has 4 rings (SSSR count). The van der Waals surface area contributed by atoms with Gasteiger partial charge in [0.1, 0.15) is 12.6 Å². The van der Waals surface area contributed by atoms with Crippen molar-refractivity contribution in [1.82, 2.24) is 29.1 Å². The molecular formula is C22H19Cl2F3N6O3. The van der Waals surface area contributed by atoms with Gasteiger partial charge in [0.2, 0.25) is 0 Å². The number of hydrogen-bond acceptors (Lipinski definition) is 6. The quantitative estimate of drug-likeness (QED) is 0.369. The van der Waals surface area contributed by atoms with E-state index >= 15 is 0 Å². The van der Waals surface area contributed by atoms with E-state index in [0.29, 0.717) is 21.3 Å². The highest BCUT2D eigenvalue weighted by Crippen LogP contribution is 2.24. The number of benzene rings is 2. The first-order chi connectivity index (χ1) is 16.9. The van der Waals surface area contributed by atoms with Crippen molar-refractivity contribution in [1.29, 1.82) is 0 Å². The first-order valence-electron chi connectivity index (χ1n) is 10.5. The van der Waals surface area contributed by atoms with E-state index in [-0.39, 0.29) is 24.0 Å². The molecule has 2 aromatic carbocycles. The molecule has 0 fully saturated rings. The normalized spacial score (nSPS) is 13.7. The zero-order valence-corrected chi connectivity index (χ0v) is 20.1. The Hall–Kier alpha value is -3.19. The van der Waals surface area contributed by atoms with E-state index in [1.807, 2.05) is 0 Å². The van der Waals surface area contributed by atoms with Crippen LogP contribution in [0.25, 0.3) is 17.1 Å². The molecule has 0 aliphatic rings. The Morgan fingerprint density at radius 1 is 1.03 bits per heavy atom. The smallest absolute Gasteiger partial charge is 0.385 e. The minimum Gasteiger partial charge on any atom is -0.385 e. The highest BCUT2D eigenvalue weighted by atomic mass is 35.5. The average Bonchev–Trinajstić information content (AvgIpc) is 3.36. The van der Waals surface area contributed by atoms with Gasteiger partial charge in [-0.05, 0) is 49.4 Å². The lowest BCUT2D eigenvalue weighted by Crippen LogP contribution is -2.37. The third-order valence-electron chi connectivity index (χ3n) is 5.15. The van der Waals surface area contributed by atoms with E-state index in [0.717, 1.165) is 9.25 Å². The van der Waals surface area contributed by atoms with Crippen molar-refractivity contribution < 1.29 is 23.4 Å². The topological polar surface area (TPSA) is 111 Å². The average molecular weight is 543 g/mol. The van der Waals surface area contributed by atoms with Crippen molar-refractivity contribution in [3.8, 4) is 17.1 Å². The van der Waals surface area contributed by atoms with Crippen molar-refractivity contribution in [3.63, 3.8) is 0 Å². The monoisotopic (exact) mass is 542 g/mol. The van der Waals surface area contributed by atoms with Gasteiger partial charge < -0.3 is 10.2 Å². The summed E-state index contributed by atoms with van der Waals surface area (Å²) in [6.45, 7) is 0.0956. The Labute approximate surface area is 212 Å². The Balaban J connectivity index is 1.77. The number of aromatic nitrogens is 6. The number of aliphatic hydroxyl groups excluding tert-OH is 2. The maximum absolute atomic E-state index is 13.1. The van der Waals surface area contributed by atoms with Gasteiger partial charge in [0.05, 0.1) is 12.2 Å². The van der Waals surface area contributed by atoms with Gasteiger partial charge in [-0.3, -0.25) is 4.57 Å². The van der Waals surface area contributed by atoms with Gasteiger partial charge in [-0.2, -0.15) is 13.2 Å². The summed E-state index contributed by atoms with van der Waals surface area (Å²) in [5.74, 6) is 0.117. The van der Waals surface area contributed by atoms with Crippen LogP contribution in [-0.2, 0) is 13.1 Å². The summed E-state index contributed by atoms with van der Waals surface area (Å²) in [7, 11) is 0. The van der Waals surface area contributed by atoms with Crippen LogP contribution in [0, 0.1) is 0 Å². The van der Waals surface area contributed by atoms with Crippen molar-refractivity contribution in [2.24, 2.45) is 0 Å². The van der Waals surface area contributed by atoms with E-state index < -0.39 is 30.6 Å². The number of aliphatic hydroxyl groups is 2. The third-order valence-corrected chi connectivity index (χ3v) is 5.64. The largest absolute Gasteiger partial charge is 0.416 e. The van der Waals surface area contributed by atoms with Gasteiger partial charge in [-0.25, -0.2) is 19.1 Å². The standard InChI is InChI=1S/C22H19Cl2F3N6O3/c1-12(34)19-28-18(29-33(19)16-4-2-3-15(24)9-16)11-32-21(36)31(10-17(35)22(25,26)27)20(30-32)13-5-7-14(23)8-6-13/h2-9,12,17,34-35H,10-11H2,1H3/t12-,17+/m1/s1. The maximum Gasteiger partial charge on any atom is 0.416 e. The molecule has 4 aromatic rings. The van der Waals surface area contributed by atoms with Crippen LogP contribution < -0.4 is 5.69 Å². The fourth-order valence-corrected chi connectivity index (χ4v) is 3.75. The highest BCUT2D eigenvalue weighted by Gasteiger charge is 2.39. The lowest BCUT2D eigenvalue weighted by molar-refractivity contribution is -0.207. The second-order valence-corrected chi connectivity index (χ2v) is 8.77. The minimum absolute atomic E-state index is 0.0663. The van der Waals surface area contributed by atoms with E-state index in [1.54, 1.807) is 24.3 Å². The molecule has 0 amide bonds. The van der Waals surface area contributed by atoms with Crippen LogP contribution in [0.1, 0.15) is 24.7 Å². The number of nitrogens with zero attached hydrogens (tertiary/aromatic N) is 6. The Bertz CT molecular complexity index is 1430. The predicted molar refractivity (Wildman–Crippen MR) is 125 cm³/mol. The maximum atomic E-state index is 13.1. The van der Waals surface area contributed by atoms with Crippen molar-refractivity contribution in [2.45, 2.75) is 38.4 Å². The first-order valence-corrected chi connectivity index (χ1v) is 11.3. The predicted octanol–water partition coefficient (Wildman–Crippen LogP) is 3.62. The minimum atomic E-state index is -4.94. The molecule has 190 valence electrons. The van der Waals surface area contributed by atoms with Crippen LogP contribution in [-0.4, -0.2) is 51.6 Å².